The van der Waals surface area contributed by atoms with E-state index in [0.717, 1.165) is 5.75 Å². The fraction of sp³-hybridized carbons (Fsp3) is 0.333. The van der Waals surface area contributed by atoms with Gasteiger partial charge in [0.15, 0.2) is 0 Å². The van der Waals surface area contributed by atoms with Gasteiger partial charge in [0.05, 0.1) is 6.04 Å². The number of benzene rings is 2. The van der Waals surface area contributed by atoms with E-state index in [-0.39, 0.29) is 6.04 Å². The third-order valence-corrected chi connectivity index (χ3v) is 4.05. The van der Waals surface area contributed by atoms with Crippen molar-refractivity contribution in [2.75, 3.05) is 6.61 Å². The zero-order valence-electron chi connectivity index (χ0n) is 12.3. The molecule has 0 fully saturated rings. The number of rotatable bonds is 3. The summed E-state index contributed by atoms with van der Waals surface area (Å²) in [6.45, 7) is 7.26. The number of hydrogen-bond acceptors (Lipinski definition) is 2. The fourth-order valence-corrected chi connectivity index (χ4v) is 2.92. The quantitative estimate of drug-likeness (QED) is 0.904. The molecule has 2 nitrogen and oxygen atoms in total. The Labute approximate surface area is 120 Å². The van der Waals surface area contributed by atoms with Crippen LogP contribution in [-0.4, -0.2) is 6.61 Å². The molecule has 1 aliphatic heterocycles. The molecule has 1 heterocycles. The Kier molecular flexibility index (Phi) is 3.49. The summed E-state index contributed by atoms with van der Waals surface area (Å²) in [5.41, 5.74) is 5.28. The van der Waals surface area contributed by atoms with Crippen LogP contribution in [0.5, 0.6) is 5.75 Å². The molecule has 1 aliphatic rings. The molecule has 2 atom stereocenters. The van der Waals surface area contributed by atoms with E-state index in [9.17, 15) is 0 Å². The van der Waals surface area contributed by atoms with Crippen LogP contribution in [0, 0.1) is 13.8 Å². The zero-order valence-corrected chi connectivity index (χ0v) is 12.3. The fourth-order valence-electron chi connectivity index (χ4n) is 2.92. The van der Waals surface area contributed by atoms with Crippen molar-refractivity contribution < 1.29 is 4.74 Å². The molecule has 0 spiro atoms. The van der Waals surface area contributed by atoms with Crippen LogP contribution in [0.3, 0.4) is 0 Å². The van der Waals surface area contributed by atoms with Gasteiger partial charge >= 0.3 is 0 Å². The van der Waals surface area contributed by atoms with Gasteiger partial charge in [-0.15, -0.1) is 0 Å². The summed E-state index contributed by atoms with van der Waals surface area (Å²) in [5.74, 6) is 1.01. The smallest absolute Gasteiger partial charge is 0.124 e. The Hall–Kier alpha value is -1.80. The number of aryl methyl sites for hydroxylation is 2. The highest BCUT2D eigenvalue weighted by Crippen LogP contribution is 2.33. The third kappa shape index (κ3) is 2.44. The van der Waals surface area contributed by atoms with E-state index in [1.165, 1.54) is 22.3 Å². The standard InChI is InChI=1S/C18H21NO/c1-12-8-9-13(2)16(10-12)14(3)19-17-11-20-18-7-5-4-6-15(17)18/h4-10,14,17,19H,11H2,1-3H3. The summed E-state index contributed by atoms with van der Waals surface area (Å²) in [7, 11) is 0. The van der Waals surface area contributed by atoms with Gasteiger partial charge in [0, 0.05) is 11.6 Å². The van der Waals surface area contributed by atoms with Crippen LogP contribution in [0.2, 0.25) is 0 Å². The lowest BCUT2D eigenvalue weighted by molar-refractivity contribution is 0.300. The Balaban J connectivity index is 1.80. The van der Waals surface area contributed by atoms with Crippen LogP contribution in [-0.2, 0) is 0 Å². The monoisotopic (exact) mass is 267 g/mol. The van der Waals surface area contributed by atoms with Crippen molar-refractivity contribution in [3.8, 4) is 5.75 Å². The summed E-state index contributed by atoms with van der Waals surface area (Å²) in [6, 6.07) is 15.5. The molecule has 0 aliphatic carbocycles. The van der Waals surface area contributed by atoms with E-state index in [4.69, 9.17) is 4.74 Å². The van der Waals surface area contributed by atoms with Crippen LogP contribution < -0.4 is 10.1 Å². The van der Waals surface area contributed by atoms with E-state index in [0.29, 0.717) is 12.6 Å². The third-order valence-electron chi connectivity index (χ3n) is 4.05. The number of fused-ring (bicyclic) bond motifs is 1. The molecule has 2 unspecified atom stereocenters. The predicted molar refractivity (Wildman–Crippen MR) is 82.1 cm³/mol. The normalized spacial score (nSPS) is 18.4. The summed E-state index contributed by atoms with van der Waals surface area (Å²) in [6.07, 6.45) is 0. The van der Waals surface area contributed by atoms with Gasteiger partial charge in [-0.25, -0.2) is 0 Å². The highest BCUT2D eigenvalue weighted by Gasteiger charge is 2.25. The molecular formula is C18H21NO. The number of para-hydroxylation sites is 1. The topological polar surface area (TPSA) is 21.3 Å². The van der Waals surface area contributed by atoms with Crippen molar-refractivity contribution in [1.29, 1.82) is 0 Å². The summed E-state index contributed by atoms with van der Waals surface area (Å²) in [5, 5.41) is 3.69. The zero-order chi connectivity index (χ0) is 14.1. The van der Waals surface area contributed by atoms with Gasteiger partial charge < -0.3 is 10.1 Å². The highest BCUT2D eigenvalue weighted by molar-refractivity contribution is 5.40. The maximum atomic E-state index is 5.74. The van der Waals surface area contributed by atoms with Gasteiger partial charge in [0.2, 0.25) is 0 Å². The second-order valence-electron chi connectivity index (χ2n) is 5.65. The maximum absolute atomic E-state index is 5.74. The van der Waals surface area contributed by atoms with Gasteiger partial charge in [-0.1, -0.05) is 42.0 Å². The van der Waals surface area contributed by atoms with Gasteiger partial charge in [0.1, 0.15) is 12.4 Å². The van der Waals surface area contributed by atoms with Gasteiger partial charge in [-0.2, -0.15) is 0 Å². The lowest BCUT2D eigenvalue weighted by Crippen LogP contribution is -2.26. The number of nitrogens with one attached hydrogen (secondary N) is 1. The average molecular weight is 267 g/mol. The van der Waals surface area contributed by atoms with Crippen LogP contribution >= 0.6 is 0 Å². The first-order chi connectivity index (χ1) is 9.65. The van der Waals surface area contributed by atoms with E-state index in [1.807, 2.05) is 12.1 Å². The number of hydrogen-bond donors (Lipinski definition) is 1. The minimum absolute atomic E-state index is 0.279. The van der Waals surface area contributed by atoms with Gasteiger partial charge in [0.25, 0.3) is 0 Å². The largest absolute Gasteiger partial charge is 0.491 e. The Morgan fingerprint density at radius 2 is 1.95 bits per heavy atom. The molecule has 2 aromatic rings. The summed E-state index contributed by atoms with van der Waals surface area (Å²) in [4.78, 5) is 0. The molecule has 0 bridgehead atoms. The molecular weight excluding hydrogens is 246 g/mol. The molecule has 3 rings (SSSR count). The Morgan fingerprint density at radius 1 is 1.15 bits per heavy atom. The molecule has 20 heavy (non-hydrogen) atoms. The van der Waals surface area contributed by atoms with Crippen LogP contribution in [0.25, 0.3) is 0 Å². The second-order valence-corrected chi connectivity index (χ2v) is 5.65. The second kappa shape index (κ2) is 5.29. The molecule has 1 N–H and O–H groups in total. The van der Waals surface area contributed by atoms with Crippen molar-refractivity contribution >= 4 is 0 Å². The van der Waals surface area contributed by atoms with Crippen LogP contribution in [0.4, 0.5) is 0 Å². The van der Waals surface area contributed by atoms with Crippen molar-refractivity contribution in [3.63, 3.8) is 0 Å². The van der Waals surface area contributed by atoms with Crippen molar-refractivity contribution in [1.82, 2.24) is 5.32 Å². The van der Waals surface area contributed by atoms with Crippen molar-refractivity contribution in [2.45, 2.75) is 32.9 Å². The van der Waals surface area contributed by atoms with E-state index < -0.39 is 0 Å². The lowest BCUT2D eigenvalue weighted by atomic mass is 9.98. The molecule has 0 saturated carbocycles. The summed E-state index contributed by atoms with van der Waals surface area (Å²) < 4.78 is 5.74. The number of ether oxygens (including phenoxy) is 1. The lowest BCUT2D eigenvalue weighted by Gasteiger charge is -2.21. The molecule has 0 aromatic heterocycles. The SMILES string of the molecule is Cc1ccc(C)c(C(C)NC2COc3ccccc32)c1. The Bertz CT molecular complexity index is 621. The molecule has 104 valence electrons. The molecule has 2 heteroatoms. The highest BCUT2D eigenvalue weighted by atomic mass is 16.5. The first kappa shape index (κ1) is 13.2. The minimum Gasteiger partial charge on any atom is -0.491 e. The average Bonchev–Trinajstić information content (AvgIpc) is 2.85. The van der Waals surface area contributed by atoms with E-state index >= 15 is 0 Å². The molecule has 0 amide bonds. The van der Waals surface area contributed by atoms with E-state index in [2.05, 4.69) is 56.4 Å². The van der Waals surface area contributed by atoms with Crippen molar-refractivity contribution in [3.05, 3.63) is 64.7 Å². The molecule has 2 aromatic carbocycles. The van der Waals surface area contributed by atoms with Gasteiger partial charge in [-0.3, -0.25) is 0 Å². The minimum atomic E-state index is 0.279. The van der Waals surface area contributed by atoms with Gasteiger partial charge in [-0.05, 0) is 38.0 Å². The predicted octanol–water partition coefficient (Wildman–Crippen LogP) is 4.09. The van der Waals surface area contributed by atoms with Crippen LogP contribution in [0.1, 0.15) is 41.3 Å². The van der Waals surface area contributed by atoms with Crippen LogP contribution in [0.15, 0.2) is 42.5 Å². The summed E-state index contributed by atoms with van der Waals surface area (Å²) >= 11 is 0. The Morgan fingerprint density at radius 3 is 2.80 bits per heavy atom. The first-order valence-electron chi connectivity index (χ1n) is 7.20. The van der Waals surface area contributed by atoms with Crippen molar-refractivity contribution in [2.24, 2.45) is 0 Å². The first-order valence-corrected chi connectivity index (χ1v) is 7.20. The molecule has 0 saturated heterocycles. The molecule has 0 radical (unpaired) electrons. The maximum Gasteiger partial charge on any atom is 0.124 e. The van der Waals surface area contributed by atoms with E-state index in [1.54, 1.807) is 0 Å².